The molecule has 1 aromatic carbocycles. The molecule has 0 saturated heterocycles. The number of nitrogens with two attached hydrogens (primary N) is 1. The van der Waals surface area contributed by atoms with Gasteiger partial charge in [-0.1, -0.05) is 59.2 Å². The molecule has 2 atom stereocenters. The van der Waals surface area contributed by atoms with Gasteiger partial charge in [0.25, 0.3) is 0 Å². The maximum absolute atomic E-state index is 11.6. The van der Waals surface area contributed by atoms with Gasteiger partial charge in [0.1, 0.15) is 11.8 Å². The first kappa shape index (κ1) is 22.0. The lowest BCUT2D eigenvalue weighted by molar-refractivity contribution is -0.141. The van der Waals surface area contributed by atoms with Crippen LogP contribution in [0.5, 0.6) is 5.75 Å². The van der Waals surface area contributed by atoms with E-state index in [1.54, 1.807) is 6.07 Å². The second kappa shape index (κ2) is 8.53. The molecule has 4 N–H and O–H groups in total. The lowest BCUT2D eigenvalue weighted by atomic mass is 10.0. The summed E-state index contributed by atoms with van der Waals surface area (Å²) in [5.41, 5.74) is 7.39. The zero-order valence-electron chi connectivity index (χ0n) is 15.8. The molecular weight excluding hydrogens is 358 g/mol. The number of hydrogen-bond acceptors (Lipinski definition) is 4. The van der Waals surface area contributed by atoms with Crippen LogP contribution in [0.3, 0.4) is 0 Å². The van der Waals surface area contributed by atoms with Crippen LogP contribution in [-0.4, -0.2) is 30.5 Å². The highest BCUT2D eigenvalue weighted by atomic mass is 35.5. The molecule has 0 amide bonds. The number of halogens is 1. The predicted octanol–water partition coefficient (Wildman–Crippen LogP) is 4.69. The fourth-order valence-corrected chi connectivity index (χ4v) is 9.53. The van der Waals surface area contributed by atoms with Crippen molar-refractivity contribution in [3.8, 4) is 5.75 Å². The highest BCUT2D eigenvalue weighted by Crippen LogP contribution is 2.46. The van der Waals surface area contributed by atoms with E-state index in [-0.39, 0.29) is 27.4 Å². The first-order valence-electron chi connectivity index (χ1n) is 8.59. The summed E-state index contributed by atoms with van der Waals surface area (Å²) in [5, 5.41) is 19.3. The Balaban J connectivity index is 3.46. The van der Waals surface area contributed by atoms with Crippen molar-refractivity contribution in [1.29, 1.82) is 0 Å². The molecule has 0 aliphatic carbocycles. The van der Waals surface area contributed by atoms with Crippen LogP contribution in [0.4, 0.5) is 0 Å². The molecular formula is C18H30ClNO4Si. The molecule has 0 heterocycles. The number of aliphatic carboxylic acids is 1. The van der Waals surface area contributed by atoms with Gasteiger partial charge in [-0.15, -0.1) is 0 Å². The van der Waals surface area contributed by atoms with Gasteiger partial charge in [0.2, 0.25) is 8.32 Å². The summed E-state index contributed by atoms with van der Waals surface area (Å²) in [5.74, 6) is -1.19. The average molecular weight is 388 g/mol. The van der Waals surface area contributed by atoms with E-state index in [0.29, 0.717) is 5.56 Å². The molecule has 0 spiro atoms. The second-order valence-electron chi connectivity index (χ2n) is 7.43. The smallest absolute Gasteiger partial charge is 0.323 e. The number of phenolic OH excluding ortho intramolecular Hbond substituents is 1. The summed E-state index contributed by atoms with van der Waals surface area (Å²) in [6.45, 7) is 12.7. The summed E-state index contributed by atoms with van der Waals surface area (Å²) < 4.78 is 6.62. The molecule has 1 rings (SSSR count). The zero-order valence-corrected chi connectivity index (χ0v) is 17.5. The third kappa shape index (κ3) is 4.56. The van der Waals surface area contributed by atoms with Gasteiger partial charge in [0.05, 0.1) is 11.1 Å². The quantitative estimate of drug-likeness (QED) is 0.562. The van der Waals surface area contributed by atoms with Crippen LogP contribution in [-0.2, 0) is 9.22 Å². The first-order valence-corrected chi connectivity index (χ1v) is 11.1. The van der Waals surface area contributed by atoms with E-state index >= 15 is 0 Å². The number of carboxylic acid groups (broad SMARTS) is 1. The normalized spacial score (nSPS) is 15.0. The molecule has 142 valence electrons. The SMILES string of the molecule is CC(C)[Si](O[C@H](c1ccc(O)c(Cl)c1)[C@@H](N)C(=O)O)(C(C)C)C(C)C. The van der Waals surface area contributed by atoms with Crippen LogP contribution in [0.1, 0.15) is 53.2 Å². The summed E-state index contributed by atoms with van der Waals surface area (Å²) >= 11 is 6.02. The van der Waals surface area contributed by atoms with Crippen molar-refractivity contribution < 1.29 is 19.4 Å². The molecule has 0 bridgehead atoms. The number of benzene rings is 1. The molecule has 0 unspecified atom stereocenters. The van der Waals surface area contributed by atoms with Crippen molar-refractivity contribution in [3.05, 3.63) is 28.8 Å². The fraction of sp³-hybridized carbons (Fsp3) is 0.611. The number of rotatable bonds is 8. The number of phenols is 1. The van der Waals surface area contributed by atoms with Crippen molar-refractivity contribution >= 4 is 25.9 Å². The Labute approximate surface area is 156 Å². The number of carboxylic acids is 1. The molecule has 0 saturated carbocycles. The van der Waals surface area contributed by atoms with Gasteiger partial charge < -0.3 is 20.4 Å². The summed E-state index contributed by atoms with van der Waals surface area (Å²) in [6.07, 6.45) is -0.825. The van der Waals surface area contributed by atoms with Crippen molar-refractivity contribution in [1.82, 2.24) is 0 Å². The Hall–Kier alpha value is -1.08. The molecule has 0 aliphatic rings. The Morgan fingerprint density at radius 1 is 1.12 bits per heavy atom. The van der Waals surface area contributed by atoms with Gasteiger partial charge in [-0.05, 0) is 34.3 Å². The summed E-state index contributed by atoms with van der Waals surface area (Å²) in [4.78, 5) is 11.6. The molecule has 25 heavy (non-hydrogen) atoms. The van der Waals surface area contributed by atoms with Gasteiger partial charge in [-0.3, -0.25) is 4.79 Å². The lowest BCUT2D eigenvalue weighted by Crippen LogP contribution is -2.52. The van der Waals surface area contributed by atoms with Crippen molar-refractivity contribution in [2.75, 3.05) is 0 Å². The minimum absolute atomic E-state index is 0.0619. The van der Waals surface area contributed by atoms with Gasteiger partial charge in [0, 0.05) is 0 Å². The maximum Gasteiger partial charge on any atom is 0.323 e. The Morgan fingerprint density at radius 3 is 1.96 bits per heavy atom. The maximum atomic E-state index is 11.6. The topological polar surface area (TPSA) is 92.8 Å². The van der Waals surface area contributed by atoms with Crippen LogP contribution < -0.4 is 5.73 Å². The van der Waals surface area contributed by atoms with Gasteiger partial charge in [-0.25, -0.2) is 0 Å². The monoisotopic (exact) mass is 387 g/mol. The van der Waals surface area contributed by atoms with E-state index in [9.17, 15) is 15.0 Å². The fourth-order valence-electron chi connectivity index (χ4n) is 3.81. The van der Waals surface area contributed by atoms with Crippen molar-refractivity contribution in [2.45, 2.75) is 70.3 Å². The third-order valence-electron chi connectivity index (χ3n) is 4.95. The summed E-state index contributed by atoms with van der Waals surface area (Å²) in [6, 6.07) is 3.37. The van der Waals surface area contributed by atoms with E-state index in [2.05, 4.69) is 41.5 Å². The number of hydrogen-bond donors (Lipinski definition) is 3. The highest BCUT2D eigenvalue weighted by Gasteiger charge is 2.48. The Morgan fingerprint density at radius 2 is 1.60 bits per heavy atom. The van der Waals surface area contributed by atoms with E-state index < -0.39 is 26.4 Å². The van der Waals surface area contributed by atoms with E-state index in [1.807, 2.05) is 0 Å². The van der Waals surface area contributed by atoms with Gasteiger partial charge in [-0.2, -0.15) is 0 Å². The standard InChI is InChI=1S/C18H30ClNO4Si/c1-10(2)25(11(3)4,12(5)6)24-17(16(20)18(22)23)13-7-8-15(21)14(19)9-13/h7-12,16-17,21H,20H2,1-6H3,(H,22,23)/t16-,17-/m1/s1. The minimum atomic E-state index is -2.36. The largest absolute Gasteiger partial charge is 0.506 e. The minimum Gasteiger partial charge on any atom is -0.506 e. The molecule has 5 nitrogen and oxygen atoms in total. The predicted molar refractivity (Wildman–Crippen MR) is 104 cm³/mol. The van der Waals surface area contributed by atoms with Crippen LogP contribution in [0, 0.1) is 0 Å². The molecule has 0 aromatic heterocycles. The highest BCUT2D eigenvalue weighted by molar-refractivity contribution is 6.77. The van der Waals surface area contributed by atoms with E-state index in [0.717, 1.165) is 0 Å². The number of carbonyl (C=O) groups is 1. The van der Waals surface area contributed by atoms with Crippen LogP contribution in [0.2, 0.25) is 21.6 Å². The second-order valence-corrected chi connectivity index (χ2v) is 13.2. The molecule has 7 heteroatoms. The number of aromatic hydroxyl groups is 1. The Kier molecular flexibility index (Phi) is 7.50. The van der Waals surface area contributed by atoms with Gasteiger partial charge in [0.15, 0.2) is 0 Å². The summed E-state index contributed by atoms with van der Waals surface area (Å²) in [7, 11) is -2.36. The van der Waals surface area contributed by atoms with Crippen molar-refractivity contribution in [2.24, 2.45) is 5.73 Å². The van der Waals surface area contributed by atoms with Crippen LogP contribution in [0.15, 0.2) is 18.2 Å². The molecule has 0 radical (unpaired) electrons. The molecule has 0 aliphatic heterocycles. The lowest BCUT2D eigenvalue weighted by Gasteiger charge is -2.45. The zero-order chi connectivity index (χ0) is 19.5. The average Bonchev–Trinajstić information content (AvgIpc) is 2.49. The van der Waals surface area contributed by atoms with Gasteiger partial charge >= 0.3 is 5.97 Å². The van der Waals surface area contributed by atoms with E-state index in [4.69, 9.17) is 21.8 Å². The first-order chi connectivity index (χ1) is 11.4. The molecule has 1 aromatic rings. The van der Waals surface area contributed by atoms with Crippen molar-refractivity contribution in [3.63, 3.8) is 0 Å². The molecule has 0 fully saturated rings. The van der Waals surface area contributed by atoms with Crippen LogP contribution in [0.25, 0.3) is 0 Å². The van der Waals surface area contributed by atoms with E-state index in [1.165, 1.54) is 12.1 Å². The third-order valence-corrected chi connectivity index (χ3v) is 11.3. The van der Waals surface area contributed by atoms with Crippen LogP contribution >= 0.6 is 11.6 Å². The Bertz CT molecular complexity index is 585.